The Balaban J connectivity index is 1.88. The van der Waals surface area contributed by atoms with Crippen LogP contribution in [0.3, 0.4) is 0 Å². The van der Waals surface area contributed by atoms with Gasteiger partial charge in [0.2, 0.25) is 0 Å². The Bertz CT molecular complexity index is 1210. The van der Waals surface area contributed by atoms with E-state index in [4.69, 9.17) is 4.84 Å². The molecule has 0 fully saturated rings. The van der Waals surface area contributed by atoms with Gasteiger partial charge in [-0.3, -0.25) is 0 Å². The number of carboxylic acid groups (broad SMARTS) is 1. The zero-order valence-electron chi connectivity index (χ0n) is 20.0. The van der Waals surface area contributed by atoms with Crippen LogP contribution in [0.1, 0.15) is 78.7 Å². The smallest absolute Gasteiger partial charge is 0.335 e. The van der Waals surface area contributed by atoms with Crippen molar-refractivity contribution in [1.82, 2.24) is 0 Å². The molecule has 0 aliphatic heterocycles. The highest BCUT2D eigenvalue weighted by Crippen LogP contribution is 2.46. The summed E-state index contributed by atoms with van der Waals surface area (Å²) < 4.78 is 0. The van der Waals surface area contributed by atoms with Gasteiger partial charge in [-0.05, 0) is 77.6 Å². The van der Waals surface area contributed by atoms with Gasteiger partial charge in [-0.2, -0.15) is 0 Å². The van der Waals surface area contributed by atoms with Crippen molar-refractivity contribution in [2.24, 2.45) is 5.16 Å². The van der Waals surface area contributed by atoms with Crippen molar-refractivity contribution < 1.29 is 14.7 Å². The summed E-state index contributed by atoms with van der Waals surface area (Å²) in [6, 6.07) is 20.8. The molecule has 0 saturated heterocycles. The Morgan fingerprint density at radius 3 is 1.97 bits per heavy atom. The maximum absolute atomic E-state index is 11.4. The molecule has 3 aromatic carbocycles. The number of oxime groups is 1. The van der Waals surface area contributed by atoms with Gasteiger partial charge in [0.05, 0.1) is 5.56 Å². The fourth-order valence-corrected chi connectivity index (χ4v) is 4.59. The van der Waals surface area contributed by atoms with Crippen LogP contribution in [-0.4, -0.2) is 16.8 Å². The normalized spacial score (nSPS) is 16.7. The van der Waals surface area contributed by atoms with Gasteiger partial charge in [-0.25, -0.2) is 4.79 Å². The largest absolute Gasteiger partial charge is 0.478 e. The van der Waals surface area contributed by atoms with Crippen LogP contribution in [0.4, 0.5) is 0 Å². The number of benzene rings is 3. The number of fused-ring (bicyclic) bond motifs is 1. The SMILES string of the molecule is Cc1cc2c(cc1/C(=N/Oc1ccccc1)c1ccc(C(=O)O)cc1)C(C)(C)CCC2(C)C. The van der Waals surface area contributed by atoms with Gasteiger partial charge >= 0.3 is 5.97 Å². The molecule has 0 heterocycles. The Labute approximate surface area is 195 Å². The molecule has 3 aromatic rings. The highest BCUT2D eigenvalue weighted by atomic mass is 16.6. The van der Waals surface area contributed by atoms with Gasteiger partial charge in [-0.1, -0.05) is 69.2 Å². The van der Waals surface area contributed by atoms with Crippen molar-refractivity contribution in [2.45, 2.75) is 58.3 Å². The third kappa shape index (κ3) is 4.56. The minimum absolute atomic E-state index is 0.0614. The first-order chi connectivity index (χ1) is 15.6. The first-order valence-corrected chi connectivity index (χ1v) is 11.4. The Morgan fingerprint density at radius 1 is 0.848 bits per heavy atom. The predicted octanol–water partition coefficient (Wildman–Crippen LogP) is 6.87. The van der Waals surface area contributed by atoms with Crippen LogP contribution >= 0.6 is 0 Å². The van der Waals surface area contributed by atoms with E-state index in [0.29, 0.717) is 11.5 Å². The first-order valence-electron chi connectivity index (χ1n) is 11.4. The van der Waals surface area contributed by atoms with E-state index < -0.39 is 5.97 Å². The maximum Gasteiger partial charge on any atom is 0.335 e. The number of hydrogen-bond acceptors (Lipinski definition) is 3. The van der Waals surface area contributed by atoms with Crippen LogP contribution in [0.25, 0.3) is 0 Å². The average Bonchev–Trinajstić information content (AvgIpc) is 2.79. The van der Waals surface area contributed by atoms with Crippen molar-refractivity contribution in [3.63, 3.8) is 0 Å². The van der Waals surface area contributed by atoms with Crippen molar-refractivity contribution in [3.05, 3.63) is 100 Å². The fraction of sp³-hybridized carbons (Fsp3) is 0.310. The second kappa shape index (κ2) is 8.51. The fourth-order valence-electron chi connectivity index (χ4n) is 4.59. The summed E-state index contributed by atoms with van der Waals surface area (Å²) in [6.45, 7) is 11.4. The summed E-state index contributed by atoms with van der Waals surface area (Å²) >= 11 is 0. The van der Waals surface area contributed by atoms with Crippen LogP contribution in [0.2, 0.25) is 0 Å². The van der Waals surface area contributed by atoms with E-state index in [1.54, 1.807) is 24.3 Å². The minimum Gasteiger partial charge on any atom is -0.478 e. The Morgan fingerprint density at radius 2 is 1.39 bits per heavy atom. The monoisotopic (exact) mass is 441 g/mol. The van der Waals surface area contributed by atoms with Crippen molar-refractivity contribution >= 4 is 11.7 Å². The van der Waals surface area contributed by atoms with Crippen LogP contribution < -0.4 is 4.84 Å². The van der Waals surface area contributed by atoms with Gasteiger partial charge in [0, 0.05) is 11.1 Å². The van der Waals surface area contributed by atoms with Crippen molar-refractivity contribution in [2.75, 3.05) is 0 Å². The molecule has 4 heteroatoms. The summed E-state index contributed by atoms with van der Waals surface area (Å²) in [5.41, 5.74) is 6.78. The molecule has 0 saturated carbocycles. The maximum atomic E-state index is 11.4. The molecule has 1 aliphatic rings. The number of carboxylic acids is 1. The highest BCUT2D eigenvalue weighted by molar-refractivity contribution is 6.14. The zero-order chi connectivity index (χ0) is 23.8. The first kappa shape index (κ1) is 22.8. The number of carbonyl (C=O) groups is 1. The second-order valence-electron chi connectivity index (χ2n) is 10.2. The predicted molar refractivity (Wildman–Crippen MR) is 133 cm³/mol. The van der Waals surface area contributed by atoms with Crippen LogP contribution in [0, 0.1) is 6.92 Å². The number of nitrogens with zero attached hydrogens (tertiary/aromatic N) is 1. The third-order valence-electron chi connectivity index (χ3n) is 6.84. The molecule has 0 bridgehead atoms. The number of aromatic carboxylic acids is 1. The van der Waals surface area contributed by atoms with Crippen molar-refractivity contribution in [3.8, 4) is 5.75 Å². The summed E-state index contributed by atoms with van der Waals surface area (Å²) in [7, 11) is 0. The van der Waals surface area contributed by atoms with E-state index in [2.05, 4.69) is 51.9 Å². The molecule has 0 atom stereocenters. The van der Waals surface area contributed by atoms with Crippen LogP contribution in [0.15, 0.2) is 71.9 Å². The van der Waals surface area contributed by atoms with Crippen LogP contribution in [-0.2, 0) is 10.8 Å². The molecule has 0 amide bonds. The molecule has 170 valence electrons. The second-order valence-corrected chi connectivity index (χ2v) is 10.2. The molecule has 0 radical (unpaired) electrons. The molecule has 0 spiro atoms. The number of aryl methyl sites for hydroxylation is 1. The van der Waals surface area contributed by atoms with E-state index in [0.717, 1.165) is 29.5 Å². The van der Waals surface area contributed by atoms with Gasteiger partial charge < -0.3 is 9.94 Å². The van der Waals surface area contributed by atoms with Gasteiger partial charge in [0.25, 0.3) is 0 Å². The van der Waals surface area contributed by atoms with Gasteiger partial charge in [0.15, 0.2) is 5.75 Å². The lowest BCUT2D eigenvalue weighted by atomic mass is 9.62. The molecule has 0 unspecified atom stereocenters. The van der Waals surface area contributed by atoms with Crippen molar-refractivity contribution in [1.29, 1.82) is 0 Å². The summed E-state index contributed by atoms with van der Waals surface area (Å²) in [5, 5.41) is 13.9. The van der Waals surface area contributed by atoms with Crippen LogP contribution in [0.5, 0.6) is 5.75 Å². The molecular weight excluding hydrogens is 410 g/mol. The number of para-hydroxylation sites is 1. The molecule has 4 nitrogen and oxygen atoms in total. The van der Waals surface area contributed by atoms with Gasteiger partial charge in [-0.15, -0.1) is 0 Å². The summed E-state index contributed by atoms with van der Waals surface area (Å²) in [4.78, 5) is 17.2. The molecule has 1 N–H and O–H groups in total. The molecule has 1 aliphatic carbocycles. The quantitative estimate of drug-likeness (QED) is 0.347. The summed E-state index contributed by atoms with van der Waals surface area (Å²) in [6.07, 6.45) is 2.27. The Kier molecular flexibility index (Phi) is 5.87. The highest BCUT2D eigenvalue weighted by Gasteiger charge is 2.37. The van der Waals surface area contributed by atoms with E-state index >= 15 is 0 Å². The lowest BCUT2D eigenvalue weighted by Crippen LogP contribution is -2.34. The number of hydrogen-bond donors (Lipinski definition) is 1. The molecular formula is C29H31NO3. The third-order valence-corrected chi connectivity index (χ3v) is 6.84. The van der Waals surface area contributed by atoms with E-state index in [9.17, 15) is 9.90 Å². The Hall–Kier alpha value is -3.40. The minimum atomic E-state index is -0.950. The molecule has 4 rings (SSSR count). The van der Waals surface area contributed by atoms with E-state index in [1.165, 1.54) is 11.1 Å². The molecule has 33 heavy (non-hydrogen) atoms. The number of rotatable bonds is 5. The average molecular weight is 442 g/mol. The van der Waals surface area contributed by atoms with E-state index in [1.807, 2.05) is 30.3 Å². The lowest BCUT2D eigenvalue weighted by Gasteiger charge is -2.42. The lowest BCUT2D eigenvalue weighted by molar-refractivity contribution is 0.0697. The topological polar surface area (TPSA) is 58.9 Å². The standard InChI is InChI=1S/C29H31NO3/c1-19-17-24-25(29(4,5)16-15-28(24,2)3)18-23(19)26(30-33-22-9-7-6-8-10-22)20-11-13-21(14-12-20)27(31)32/h6-14,17-18H,15-16H2,1-5H3,(H,31,32)/b30-26+. The van der Waals surface area contributed by atoms with E-state index in [-0.39, 0.29) is 16.4 Å². The zero-order valence-corrected chi connectivity index (χ0v) is 20.0. The molecule has 0 aromatic heterocycles. The van der Waals surface area contributed by atoms with Gasteiger partial charge in [0.1, 0.15) is 5.71 Å². The summed E-state index contributed by atoms with van der Waals surface area (Å²) in [5.74, 6) is -0.302.